The van der Waals surface area contributed by atoms with Gasteiger partial charge in [0.25, 0.3) is 5.66 Å². The van der Waals surface area contributed by atoms with Crippen LogP contribution in [0.2, 0.25) is 0 Å². The predicted molar refractivity (Wildman–Crippen MR) is 55.4 cm³/mol. The number of hydrogen-bond acceptors (Lipinski definition) is 3. The smallest absolute Gasteiger partial charge is 0.262 e. The second kappa shape index (κ2) is 3.75. The maximum absolute atomic E-state index is 11.0. The fourth-order valence-corrected chi connectivity index (χ4v) is 1.42. The third-order valence-electron chi connectivity index (χ3n) is 2.51. The second-order valence-electron chi connectivity index (χ2n) is 3.48. The van der Waals surface area contributed by atoms with Crippen LogP contribution in [0.1, 0.15) is 6.42 Å². The Kier molecular flexibility index (Phi) is 2.86. The van der Waals surface area contributed by atoms with E-state index in [2.05, 4.69) is 6.58 Å². The van der Waals surface area contributed by atoms with E-state index in [0.717, 1.165) is 5.57 Å². The van der Waals surface area contributed by atoms with Crippen molar-refractivity contribution in [2.75, 3.05) is 14.1 Å². The highest BCUT2D eigenvalue weighted by Crippen LogP contribution is 2.26. The summed E-state index contributed by atoms with van der Waals surface area (Å²) in [5, 5.41) is 11.0. The largest absolute Gasteiger partial charge is 0.299 e. The van der Waals surface area contributed by atoms with Gasteiger partial charge in [-0.1, -0.05) is 24.8 Å². The topological polar surface area (TPSA) is 46.4 Å². The number of hydrogen-bond donors (Lipinski definition) is 0. The van der Waals surface area contributed by atoms with Crippen molar-refractivity contribution in [1.82, 2.24) is 4.90 Å². The molecule has 0 spiro atoms. The third kappa shape index (κ3) is 1.61. The third-order valence-corrected chi connectivity index (χ3v) is 2.51. The fraction of sp³-hybridized carbons (Fsp3) is 0.400. The maximum atomic E-state index is 11.0. The van der Waals surface area contributed by atoms with Crippen LogP contribution in [0.4, 0.5) is 0 Å². The van der Waals surface area contributed by atoms with Crippen molar-refractivity contribution in [1.29, 1.82) is 0 Å². The molecule has 1 rings (SSSR count). The molecule has 0 aromatic carbocycles. The minimum Gasteiger partial charge on any atom is -0.262 e. The van der Waals surface area contributed by atoms with Gasteiger partial charge in [-0.05, 0) is 19.7 Å². The Bertz CT molecular complexity index is 318. The summed E-state index contributed by atoms with van der Waals surface area (Å²) in [5.41, 5.74) is -0.156. The Hall–Kier alpha value is -1.42. The van der Waals surface area contributed by atoms with Gasteiger partial charge in [-0.2, -0.15) is 0 Å². The van der Waals surface area contributed by atoms with Crippen molar-refractivity contribution >= 4 is 0 Å². The van der Waals surface area contributed by atoms with Gasteiger partial charge in [0.2, 0.25) is 0 Å². The summed E-state index contributed by atoms with van der Waals surface area (Å²) in [6.07, 6.45) is 7.25. The fourth-order valence-electron chi connectivity index (χ4n) is 1.42. The van der Waals surface area contributed by atoms with E-state index >= 15 is 0 Å². The molecule has 0 heterocycles. The monoisotopic (exact) mass is 194 g/mol. The van der Waals surface area contributed by atoms with Crippen molar-refractivity contribution in [2.24, 2.45) is 0 Å². The molecule has 1 aliphatic carbocycles. The first kappa shape index (κ1) is 10.7. The molecule has 0 aromatic rings. The highest BCUT2D eigenvalue weighted by Gasteiger charge is 2.42. The van der Waals surface area contributed by atoms with Crippen LogP contribution in [0.5, 0.6) is 0 Å². The minimum absolute atomic E-state index is 0.264. The molecule has 0 bridgehead atoms. The van der Waals surface area contributed by atoms with Crippen LogP contribution in [0.15, 0.2) is 36.5 Å². The van der Waals surface area contributed by atoms with Gasteiger partial charge in [-0.3, -0.25) is 10.1 Å². The molecular weight excluding hydrogens is 180 g/mol. The van der Waals surface area contributed by atoms with Gasteiger partial charge in [0.15, 0.2) is 0 Å². The van der Waals surface area contributed by atoms with Gasteiger partial charge in [0.1, 0.15) is 0 Å². The number of likely N-dealkylation sites (N-methyl/N-ethyl adjacent to an activating group) is 1. The van der Waals surface area contributed by atoms with E-state index in [1.807, 2.05) is 6.08 Å². The average molecular weight is 194 g/mol. The first-order chi connectivity index (χ1) is 6.53. The standard InChI is InChI=1S/C10H14N2O2/c1-4-9-5-7-10(8-6-9,11(2)3)12(13)14/h4-7H,1,8H2,2-3H3. The lowest BCUT2D eigenvalue weighted by molar-refractivity contribution is -0.582. The van der Waals surface area contributed by atoms with E-state index in [0.29, 0.717) is 6.42 Å². The number of nitrogens with zero attached hydrogens (tertiary/aromatic N) is 2. The lowest BCUT2D eigenvalue weighted by Gasteiger charge is -2.29. The van der Waals surface area contributed by atoms with Crippen molar-refractivity contribution in [3.05, 3.63) is 46.6 Å². The van der Waals surface area contributed by atoms with Crippen LogP contribution >= 0.6 is 0 Å². The lowest BCUT2D eigenvalue weighted by Crippen LogP contribution is -2.49. The average Bonchev–Trinajstić information content (AvgIpc) is 2.17. The Morgan fingerprint density at radius 2 is 2.36 bits per heavy atom. The van der Waals surface area contributed by atoms with Crippen molar-refractivity contribution < 1.29 is 4.92 Å². The lowest BCUT2D eigenvalue weighted by atomic mass is 9.96. The predicted octanol–water partition coefficient (Wildman–Crippen LogP) is 1.59. The van der Waals surface area contributed by atoms with Crippen molar-refractivity contribution in [2.45, 2.75) is 12.1 Å². The summed E-state index contributed by atoms with van der Waals surface area (Å²) < 4.78 is 0. The van der Waals surface area contributed by atoms with E-state index in [4.69, 9.17) is 0 Å². The number of rotatable bonds is 3. The molecule has 1 unspecified atom stereocenters. The Morgan fingerprint density at radius 1 is 1.71 bits per heavy atom. The summed E-state index contributed by atoms with van der Waals surface area (Å²) >= 11 is 0. The van der Waals surface area contributed by atoms with Crippen molar-refractivity contribution in [3.8, 4) is 0 Å². The first-order valence-corrected chi connectivity index (χ1v) is 4.36. The van der Waals surface area contributed by atoms with E-state index < -0.39 is 5.66 Å². The summed E-state index contributed by atoms with van der Waals surface area (Å²) in [7, 11) is 3.42. The Morgan fingerprint density at radius 3 is 2.64 bits per heavy atom. The van der Waals surface area contributed by atoms with Gasteiger partial charge < -0.3 is 0 Å². The quantitative estimate of drug-likeness (QED) is 0.389. The molecule has 0 saturated heterocycles. The summed E-state index contributed by atoms with van der Waals surface area (Å²) in [6.45, 7) is 3.62. The number of allylic oxidation sites excluding steroid dienone is 3. The van der Waals surface area contributed by atoms with Gasteiger partial charge in [0, 0.05) is 11.0 Å². The normalized spacial score (nSPS) is 26.1. The highest BCUT2D eigenvalue weighted by atomic mass is 16.6. The van der Waals surface area contributed by atoms with Crippen LogP contribution in [-0.4, -0.2) is 29.6 Å². The van der Waals surface area contributed by atoms with Crippen LogP contribution < -0.4 is 0 Å². The zero-order valence-corrected chi connectivity index (χ0v) is 8.43. The molecular formula is C10H14N2O2. The molecule has 0 saturated carbocycles. The van der Waals surface area contributed by atoms with Gasteiger partial charge in [0.05, 0.1) is 6.42 Å². The number of nitro groups is 1. The Labute approximate surface area is 83.4 Å². The minimum atomic E-state index is -1.09. The molecule has 1 aliphatic rings. The highest BCUT2D eigenvalue weighted by molar-refractivity contribution is 5.34. The molecule has 0 aliphatic heterocycles. The SMILES string of the molecule is C=CC1=CCC(N(C)C)([N+](=O)[O-])C=C1. The molecule has 0 amide bonds. The molecule has 4 nitrogen and oxygen atoms in total. The van der Waals surface area contributed by atoms with Gasteiger partial charge >= 0.3 is 0 Å². The molecule has 0 aromatic heterocycles. The summed E-state index contributed by atoms with van der Waals surface area (Å²) in [6, 6.07) is 0. The first-order valence-electron chi connectivity index (χ1n) is 4.36. The molecule has 76 valence electrons. The molecule has 14 heavy (non-hydrogen) atoms. The van der Waals surface area contributed by atoms with E-state index in [1.54, 1.807) is 37.2 Å². The van der Waals surface area contributed by atoms with Gasteiger partial charge in [-0.15, -0.1) is 0 Å². The summed E-state index contributed by atoms with van der Waals surface area (Å²) in [5.74, 6) is 0. The van der Waals surface area contributed by atoms with E-state index in [1.165, 1.54) is 0 Å². The molecule has 0 radical (unpaired) electrons. The zero-order valence-electron chi connectivity index (χ0n) is 8.43. The van der Waals surface area contributed by atoms with Gasteiger partial charge in [-0.25, -0.2) is 4.90 Å². The van der Waals surface area contributed by atoms with Crippen LogP contribution in [0.25, 0.3) is 0 Å². The molecule has 4 heteroatoms. The van der Waals surface area contributed by atoms with E-state index in [9.17, 15) is 10.1 Å². The molecule has 0 fully saturated rings. The van der Waals surface area contributed by atoms with Crippen LogP contribution in [0.3, 0.4) is 0 Å². The Balaban J connectivity index is 2.98. The summed E-state index contributed by atoms with van der Waals surface area (Å²) in [4.78, 5) is 12.3. The van der Waals surface area contributed by atoms with Crippen LogP contribution in [-0.2, 0) is 0 Å². The van der Waals surface area contributed by atoms with Crippen molar-refractivity contribution in [3.63, 3.8) is 0 Å². The molecule has 1 atom stereocenters. The molecule has 0 N–H and O–H groups in total. The zero-order chi connectivity index (χ0) is 10.8. The van der Waals surface area contributed by atoms with Crippen LogP contribution in [0, 0.1) is 10.1 Å². The van der Waals surface area contributed by atoms with E-state index in [-0.39, 0.29) is 4.92 Å². The maximum Gasteiger partial charge on any atom is 0.299 e. The second-order valence-corrected chi connectivity index (χ2v) is 3.48.